The predicted molar refractivity (Wildman–Crippen MR) is 128 cm³/mol. The van der Waals surface area contributed by atoms with E-state index in [0.717, 1.165) is 15.7 Å². The van der Waals surface area contributed by atoms with Crippen LogP contribution in [-0.2, 0) is 14.8 Å². The molecule has 0 spiro atoms. The van der Waals surface area contributed by atoms with Crippen LogP contribution in [0.2, 0.25) is 0 Å². The van der Waals surface area contributed by atoms with Crippen LogP contribution in [0, 0.1) is 13.8 Å². The van der Waals surface area contributed by atoms with Crippen molar-refractivity contribution >= 4 is 21.8 Å². The number of aryl methyl sites for hydroxylation is 1. The average molecular weight is 499 g/mol. The van der Waals surface area contributed by atoms with Crippen LogP contribution in [-0.4, -0.2) is 63.0 Å². The van der Waals surface area contributed by atoms with Crippen LogP contribution >= 0.6 is 0 Å². The fraction of sp³-hybridized carbons (Fsp3) is 0.280. The van der Waals surface area contributed by atoms with Gasteiger partial charge in [-0.2, -0.15) is 0 Å². The molecule has 4 rings (SSSR count). The maximum absolute atomic E-state index is 12.9. The third kappa shape index (κ3) is 4.80. The quantitative estimate of drug-likeness (QED) is 0.364. The molecular formula is C25H26N2O7S. The number of fused-ring (bicyclic) bond motifs is 1. The van der Waals surface area contributed by atoms with Gasteiger partial charge in [-0.15, -0.1) is 0 Å². The molecule has 184 valence electrons. The fourth-order valence-electron chi connectivity index (χ4n) is 3.90. The van der Waals surface area contributed by atoms with Crippen LogP contribution in [0.15, 0.2) is 53.4 Å². The molecule has 0 saturated heterocycles. The normalized spacial score (nSPS) is 13.1. The number of benzene rings is 2. The molecule has 0 bridgehead atoms. The van der Waals surface area contributed by atoms with E-state index in [1.807, 2.05) is 36.6 Å². The van der Waals surface area contributed by atoms with Gasteiger partial charge in [-0.3, -0.25) is 4.79 Å². The molecule has 1 aliphatic heterocycles. The zero-order chi connectivity index (χ0) is 25.3. The van der Waals surface area contributed by atoms with E-state index in [1.54, 1.807) is 6.07 Å². The lowest BCUT2D eigenvalue weighted by Gasteiger charge is -2.20. The molecule has 2 aromatic carbocycles. The van der Waals surface area contributed by atoms with E-state index in [0.29, 0.717) is 36.0 Å². The number of hydrogen-bond donors (Lipinski definition) is 0. The van der Waals surface area contributed by atoms with Gasteiger partial charge in [0.05, 0.1) is 10.5 Å². The summed E-state index contributed by atoms with van der Waals surface area (Å²) < 4.78 is 44.1. The van der Waals surface area contributed by atoms with Crippen molar-refractivity contribution < 1.29 is 32.2 Å². The van der Waals surface area contributed by atoms with Crippen molar-refractivity contribution in [2.45, 2.75) is 18.7 Å². The summed E-state index contributed by atoms with van der Waals surface area (Å²) >= 11 is 0. The highest BCUT2D eigenvalue weighted by molar-refractivity contribution is 7.89. The van der Waals surface area contributed by atoms with Gasteiger partial charge in [0.25, 0.3) is 0 Å². The van der Waals surface area contributed by atoms with Gasteiger partial charge < -0.3 is 18.8 Å². The number of Topliss-reactive ketones (excluding diaryl/α,β-unsaturated/α-hetero) is 1. The Morgan fingerprint density at radius 3 is 2.43 bits per heavy atom. The minimum Gasteiger partial charge on any atom is -0.486 e. The Kier molecular flexibility index (Phi) is 6.68. The smallest absolute Gasteiger partial charge is 0.338 e. The summed E-state index contributed by atoms with van der Waals surface area (Å²) in [5.41, 5.74) is 2.81. The molecule has 10 heteroatoms. The van der Waals surface area contributed by atoms with E-state index in [4.69, 9.17) is 14.2 Å². The summed E-state index contributed by atoms with van der Waals surface area (Å²) in [7, 11) is -0.902. The second-order valence-corrected chi connectivity index (χ2v) is 10.4. The lowest BCUT2D eigenvalue weighted by atomic mass is 10.1. The number of nitrogens with zero attached hydrogens (tertiary/aromatic N) is 2. The van der Waals surface area contributed by atoms with Crippen molar-refractivity contribution in [1.29, 1.82) is 0 Å². The minimum absolute atomic E-state index is 0.0359. The first-order valence-electron chi connectivity index (χ1n) is 10.9. The van der Waals surface area contributed by atoms with E-state index in [-0.39, 0.29) is 16.2 Å². The number of esters is 1. The molecule has 1 aliphatic rings. The topological polar surface area (TPSA) is 104 Å². The number of aromatic nitrogens is 1. The molecule has 0 aliphatic carbocycles. The SMILES string of the molecule is Cc1cc(C(=O)COC(=O)c2cccc(S(=O)(=O)N(C)C)c2)c(C)n1-c1ccc2c(c1)OCCO2. The third-order valence-corrected chi connectivity index (χ3v) is 7.51. The van der Waals surface area contributed by atoms with Crippen molar-refractivity contribution in [1.82, 2.24) is 8.87 Å². The van der Waals surface area contributed by atoms with Crippen molar-refractivity contribution in [2.75, 3.05) is 33.9 Å². The number of rotatable bonds is 7. The first-order valence-corrected chi connectivity index (χ1v) is 12.4. The molecule has 0 atom stereocenters. The largest absolute Gasteiger partial charge is 0.486 e. The summed E-state index contributed by atoms with van der Waals surface area (Å²) in [4.78, 5) is 25.4. The Morgan fingerprint density at radius 2 is 1.71 bits per heavy atom. The molecule has 35 heavy (non-hydrogen) atoms. The highest BCUT2D eigenvalue weighted by atomic mass is 32.2. The van der Waals surface area contributed by atoms with Crippen molar-refractivity contribution in [3.63, 3.8) is 0 Å². The molecule has 1 aromatic heterocycles. The first-order chi connectivity index (χ1) is 16.6. The van der Waals surface area contributed by atoms with E-state index in [2.05, 4.69) is 0 Å². The summed E-state index contributed by atoms with van der Waals surface area (Å²) in [6.45, 7) is 4.19. The zero-order valence-corrected chi connectivity index (χ0v) is 20.7. The van der Waals surface area contributed by atoms with Gasteiger partial charge in [0, 0.05) is 42.8 Å². The van der Waals surface area contributed by atoms with E-state index < -0.39 is 22.6 Å². The fourth-order valence-corrected chi connectivity index (χ4v) is 4.85. The summed E-state index contributed by atoms with van der Waals surface area (Å²) in [5, 5.41) is 0. The van der Waals surface area contributed by atoms with Crippen LogP contribution in [0.5, 0.6) is 11.5 Å². The van der Waals surface area contributed by atoms with Crippen LogP contribution in [0.1, 0.15) is 32.1 Å². The molecule has 0 unspecified atom stereocenters. The number of ether oxygens (including phenoxy) is 3. The van der Waals surface area contributed by atoms with Gasteiger partial charge in [-0.05, 0) is 50.2 Å². The Bertz CT molecular complexity index is 1410. The van der Waals surface area contributed by atoms with E-state index >= 15 is 0 Å². The van der Waals surface area contributed by atoms with Crippen molar-refractivity contribution in [3.05, 3.63) is 71.0 Å². The van der Waals surface area contributed by atoms with Crippen molar-refractivity contribution in [2.24, 2.45) is 0 Å². The Hall–Kier alpha value is -3.63. The van der Waals surface area contributed by atoms with Crippen LogP contribution in [0.25, 0.3) is 5.69 Å². The Labute approximate surface area is 203 Å². The number of carbonyl (C=O) groups is 2. The van der Waals surface area contributed by atoms with Crippen LogP contribution in [0.3, 0.4) is 0 Å². The second-order valence-electron chi connectivity index (χ2n) is 8.26. The van der Waals surface area contributed by atoms with E-state index in [9.17, 15) is 18.0 Å². The van der Waals surface area contributed by atoms with Gasteiger partial charge in [0.15, 0.2) is 18.1 Å². The number of carbonyl (C=O) groups excluding carboxylic acids is 2. The lowest BCUT2D eigenvalue weighted by Crippen LogP contribution is -2.22. The van der Waals surface area contributed by atoms with Crippen LogP contribution < -0.4 is 9.47 Å². The molecule has 0 radical (unpaired) electrons. The van der Waals surface area contributed by atoms with Crippen LogP contribution in [0.4, 0.5) is 0 Å². The second kappa shape index (κ2) is 9.55. The number of sulfonamides is 1. The molecule has 0 amide bonds. The standard InChI is InChI=1S/C25H26N2O7S/c1-16-12-21(17(2)27(16)19-8-9-23-24(14-19)33-11-10-32-23)22(28)15-34-25(29)18-6-5-7-20(13-18)35(30,31)26(3)4/h5-9,12-14H,10-11,15H2,1-4H3. The summed E-state index contributed by atoms with van der Waals surface area (Å²) in [5.74, 6) is 0.164. The van der Waals surface area contributed by atoms with Gasteiger partial charge in [-0.25, -0.2) is 17.5 Å². The number of hydrogen-bond acceptors (Lipinski definition) is 7. The lowest BCUT2D eigenvalue weighted by molar-refractivity contribution is 0.0474. The van der Waals surface area contributed by atoms with E-state index in [1.165, 1.54) is 38.4 Å². The molecule has 2 heterocycles. The molecule has 0 fully saturated rings. The number of ketones is 1. The molecule has 0 saturated carbocycles. The molecular weight excluding hydrogens is 472 g/mol. The highest BCUT2D eigenvalue weighted by Crippen LogP contribution is 2.33. The average Bonchev–Trinajstić information content (AvgIpc) is 3.15. The molecule has 9 nitrogen and oxygen atoms in total. The van der Waals surface area contributed by atoms with Gasteiger partial charge >= 0.3 is 5.97 Å². The zero-order valence-electron chi connectivity index (χ0n) is 19.9. The molecule has 3 aromatic rings. The van der Waals surface area contributed by atoms with Gasteiger partial charge in [0.2, 0.25) is 15.8 Å². The predicted octanol–water partition coefficient (Wildman–Crippen LogP) is 3.16. The first kappa shape index (κ1) is 24.5. The summed E-state index contributed by atoms with van der Waals surface area (Å²) in [6.07, 6.45) is 0. The highest BCUT2D eigenvalue weighted by Gasteiger charge is 2.22. The van der Waals surface area contributed by atoms with Gasteiger partial charge in [-0.1, -0.05) is 6.07 Å². The third-order valence-electron chi connectivity index (χ3n) is 5.70. The summed E-state index contributed by atoms with van der Waals surface area (Å²) in [6, 6.07) is 12.8. The minimum atomic E-state index is -3.71. The Balaban J connectivity index is 1.50. The monoisotopic (exact) mass is 498 g/mol. The molecule has 0 N–H and O–H groups in total. The van der Waals surface area contributed by atoms with Gasteiger partial charge in [0.1, 0.15) is 13.2 Å². The maximum Gasteiger partial charge on any atom is 0.338 e. The van der Waals surface area contributed by atoms with Crippen molar-refractivity contribution in [3.8, 4) is 17.2 Å². The Morgan fingerprint density at radius 1 is 1.00 bits per heavy atom. The maximum atomic E-state index is 12.9.